The van der Waals surface area contributed by atoms with Gasteiger partial charge in [-0.05, 0) is 53.5 Å². The maximum Gasteiger partial charge on any atom is 0.229 e. The summed E-state index contributed by atoms with van der Waals surface area (Å²) in [7, 11) is 2.34. The highest BCUT2D eigenvalue weighted by atomic mass is 79.9. The van der Waals surface area contributed by atoms with E-state index in [9.17, 15) is 9.36 Å². The van der Waals surface area contributed by atoms with Crippen molar-refractivity contribution in [1.82, 2.24) is 34.4 Å². The topological polar surface area (TPSA) is 145 Å². The maximum atomic E-state index is 13.5. The molecule has 0 unspecified atom stereocenters. The molecular formula is C33H38BrN10O4P. The second kappa shape index (κ2) is 13.9. The van der Waals surface area contributed by atoms with Gasteiger partial charge < -0.3 is 34.5 Å². The van der Waals surface area contributed by atoms with Crippen LogP contribution in [0.4, 0.5) is 28.8 Å². The van der Waals surface area contributed by atoms with E-state index in [1.54, 1.807) is 62.4 Å². The number of nitrogens with zero attached hydrogens (tertiary/aromatic N) is 8. The molecule has 5 aromatic rings. The summed E-state index contributed by atoms with van der Waals surface area (Å²) >= 11 is 3.57. The van der Waals surface area contributed by atoms with Crippen LogP contribution < -0.4 is 30.3 Å². The lowest BCUT2D eigenvalue weighted by Gasteiger charge is -2.36. The van der Waals surface area contributed by atoms with Gasteiger partial charge in [-0.15, -0.1) is 0 Å². The molecule has 2 aromatic carbocycles. The number of aryl methyl sites for hydroxylation is 1. The Hall–Kier alpha value is -4.88. The van der Waals surface area contributed by atoms with Crippen LogP contribution in [0.15, 0.2) is 65.8 Å². The van der Waals surface area contributed by atoms with E-state index >= 15 is 0 Å². The Morgan fingerprint density at radius 1 is 0.939 bits per heavy atom. The van der Waals surface area contributed by atoms with Gasteiger partial charge in [0.2, 0.25) is 11.9 Å². The van der Waals surface area contributed by atoms with Gasteiger partial charge in [-0.2, -0.15) is 15.2 Å². The fourth-order valence-corrected chi connectivity index (χ4v) is 7.12. The number of carbonyl (C=O) groups excluding carboxylic acids is 1. The monoisotopic (exact) mass is 748 g/mol. The highest BCUT2D eigenvalue weighted by molar-refractivity contribution is 9.10. The van der Waals surface area contributed by atoms with Crippen LogP contribution in [-0.4, -0.2) is 94.1 Å². The summed E-state index contributed by atoms with van der Waals surface area (Å²) < 4.78 is 28.7. The first kappa shape index (κ1) is 34.0. The minimum atomic E-state index is -2.75. The van der Waals surface area contributed by atoms with Crippen LogP contribution in [-0.2, 0) is 16.4 Å². The number of carbonyl (C=O) groups is 1. The number of halogens is 1. The third-order valence-electron chi connectivity index (χ3n) is 8.26. The molecule has 0 radical (unpaired) electrons. The van der Waals surface area contributed by atoms with Crippen LogP contribution >= 0.6 is 23.1 Å². The summed E-state index contributed by atoms with van der Waals surface area (Å²) in [4.78, 5) is 25.4. The molecule has 0 spiro atoms. The third kappa shape index (κ3) is 7.42. The van der Waals surface area contributed by atoms with E-state index in [0.29, 0.717) is 70.6 Å². The Labute approximate surface area is 292 Å². The molecule has 14 nitrogen and oxygen atoms in total. The molecule has 4 heterocycles. The molecule has 16 heteroatoms. The average molecular weight is 750 g/mol. The van der Waals surface area contributed by atoms with Gasteiger partial charge in [0.05, 0.1) is 54.3 Å². The summed E-state index contributed by atoms with van der Waals surface area (Å²) in [5.41, 5.74) is 4.91. The number of hydrogen-bond acceptors (Lipinski definition) is 11. The fourth-order valence-electron chi connectivity index (χ4n) is 5.68. The van der Waals surface area contributed by atoms with Crippen molar-refractivity contribution in [2.45, 2.75) is 6.92 Å². The van der Waals surface area contributed by atoms with E-state index in [2.05, 4.69) is 46.6 Å². The Morgan fingerprint density at radius 3 is 2.35 bits per heavy atom. The van der Waals surface area contributed by atoms with Crippen molar-refractivity contribution in [2.24, 2.45) is 7.05 Å². The molecule has 0 bridgehead atoms. The smallest absolute Gasteiger partial charge is 0.229 e. The van der Waals surface area contributed by atoms with Crippen molar-refractivity contribution in [3.8, 4) is 28.3 Å². The molecule has 0 aliphatic carbocycles. The number of amides is 1. The van der Waals surface area contributed by atoms with Crippen molar-refractivity contribution in [1.29, 1.82) is 0 Å². The number of methoxy groups -OCH3 is 2. The molecule has 3 aromatic heterocycles. The molecule has 1 fully saturated rings. The summed E-state index contributed by atoms with van der Waals surface area (Å²) in [6, 6.07) is 9.60. The van der Waals surface area contributed by atoms with Gasteiger partial charge in [-0.3, -0.25) is 9.48 Å². The van der Waals surface area contributed by atoms with Crippen molar-refractivity contribution in [3.63, 3.8) is 0 Å². The van der Waals surface area contributed by atoms with E-state index in [1.165, 1.54) is 0 Å². The van der Waals surface area contributed by atoms with Crippen LogP contribution in [0.5, 0.6) is 11.5 Å². The molecule has 0 saturated carbocycles. The number of benzene rings is 2. The fraction of sp³-hybridized carbons (Fsp3) is 0.303. The first-order valence-electron chi connectivity index (χ1n) is 15.5. The largest absolute Gasteiger partial charge is 0.494 e. The average Bonchev–Trinajstić information content (AvgIpc) is 3.75. The van der Waals surface area contributed by atoms with Gasteiger partial charge in [0.1, 0.15) is 18.7 Å². The molecule has 1 amide bonds. The first-order valence-corrected chi connectivity index (χ1v) is 18.9. The summed E-state index contributed by atoms with van der Waals surface area (Å²) in [5, 5.41) is 16.1. The lowest BCUT2D eigenvalue weighted by Crippen LogP contribution is -2.48. The quantitative estimate of drug-likeness (QED) is 0.181. The summed E-state index contributed by atoms with van der Waals surface area (Å²) in [5.74, 6) is 2.10. The van der Waals surface area contributed by atoms with Crippen molar-refractivity contribution < 1.29 is 18.8 Å². The van der Waals surface area contributed by atoms with Gasteiger partial charge in [0.15, 0.2) is 5.75 Å². The lowest BCUT2D eigenvalue weighted by atomic mass is 10.0. The molecule has 6 rings (SSSR count). The Balaban J connectivity index is 1.32. The molecule has 2 N–H and O–H groups in total. The highest BCUT2D eigenvalue weighted by Crippen LogP contribution is 2.42. The van der Waals surface area contributed by atoms with E-state index in [4.69, 9.17) is 14.5 Å². The van der Waals surface area contributed by atoms with Crippen molar-refractivity contribution in [3.05, 3.63) is 65.8 Å². The predicted octanol–water partition coefficient (Wildman–Crippen LogP) is 5.25. The van der Waals surface area contributed by atoms with Crippen LogP contribution in [0.2, 0.25) is 0 Å². The third-order valence-corrected chi connectivity index (χ3v) is 10.4. The molecule has 1 aliphatic heterocycles. The lowest BCUT2D eigenvalue weighted by molar-refractivity contribution is -0.129. The Morgan fingerprint density at radius 2 is 1.71 bits per heavy atom. The van der Waals surface area contributed by atoms with Crippen LogP contribution in [0, 0.1) is 0 Å². The maximum absolute atomic E-state index is 13.5. The number of piperazine rings is 1. The second-order valence-corrected chi connectivity index (χ2v) is 16.0. The van der Waals surface area contributed by atoms with Crippen LogP contribution in [0.25, 0.3) is 16.8 Å². The molecule has 49 heavy (non-hydrogen) atoms. The normalized spacial score (nSPS) is 13.4. The zero-order valence-electron chi connectivity index (χ0n) is 28.1. The second-order valence-electron chi connectivity index (χ2n) is 12.0. The van der Waals surface area contributed by atoms with E-state index < -0.39 is 7.14 Å². The zero-order valence-corrected chi connectivity index (χ0v) is 30.6. The predicted molar refractivity (Wildman–Crippen MR) is 195 cm³/mol. The van der Waals surface area contributed by atoms with Gasteiger partial charge >= 0.3 is 0 Å². The molecule has 256 valence electrons. The number of aromatic nitrogens is 6. The number of ether oxygens (including phenoxy) is 2. The number of hydrogen-bond donors (Lipinski definition) is 2. The molecular weight excluding hydrogens is 711 g/mol. The van der Waals surface area contributed by atoms with Gasteiger partial charge in [0, 0.05) is 80.7 Å². The SMILES string of the molecule is COc1cnn(-c2ccc(Nc3nc(Nc4cc(-c5cnn(C)c5)c(N5CCN(C(C)=O)CC5)cc4OC)ncc3Br)c(P(C)(C)=O)c2)c1. The van der Waals surface area contributed by atoms with Gasteiger partial charge in [-0.1, -0.05) is 0 Å². The number of anilines is 5. The number of rotatable bonds is 10. The molecule has 1 aliphatic rings. The standard InChI is InChI=1S/C33H38BrN10O4P/c1-21(45)42-9-11-43(12-10-42)29-15-30(48-4)28(14-25(29)22-16-36-41(2)19-22)39-33-35-18-26(34)32(40-33)38-27-8-7-23(13-31(27)49(5,6)46)44-20-24(47-3)17-37-44/h7-8,13-20H,9-12H2,1-6H3,(H2,35,38,39,40). The molecule has 0 atom stereocenters. The van der Waals surface area contributed by atoms with Crippen molar-refractivity contribution >= 4 is 63.1 Å². The Bertz CT molecular complexity index is 2050. The molecule has 1 saturated heterocycles. The van der Waals surface area contributed by atoms with E-state index in [1.807, 2.05) is 54.7 Å². The van der Waals surface area contributed by atoms with Crippen LogP contribution in [0.3, 0.4) is 0 Å². The highest BCUT2D eigenvalue weighted by Gasteiger charge is 2.24. The first-order chi connectivity index (χ1) is 23.4. The minimum Gasteiger partial charge on any atom is -0.494 e. The van der Waals surface area contributed by atoms with Gasteiger partial charge in [-0.25, -0.2) is 9.67 Å². The van der Waals surface area contributed by atoms with Crippen molar-refractivity contribution in [2.75, 3.05) is 69.3 Å². The summed E-state index contributed by atoms with van der Waals surface area (Å²) in [6.45, 7) is 7.71. The van der Waals surface area contributed by atoms with Crippen LogP contribution in [0.1, 0.15) is 6.92 Å². The zero-order chi connectivity index (χ0) is 34.9. The van der Waals surface area contributed by atoms with E-state index in [0.717, 1.165) is 22.5 Å². The minimum absolute atomic E-state index is 0.0783. The Kier molecular flexibility index (Phi) is 9.66. The van der Waals surface area contributed by atoms with E-state index in [-0.39, 0.29) is 5.91 Å². The number of nitrogens with one attached hydrogen (secondary N) is 2. The summed E-state index contributed by atoms with van der Waals surface area (Å²) in [6.07, 6.45) is 8.82. The van der Waals surface area contributed by atoms with Gasteiger partial charge in [0.25, 0.3) is 0 Å².